The molecule has 0 aliphatic carbocycles. The van der Waals surface area contributed by atoms with Crippen LogP contribution in [-0.4, -0.2) is 50.7 Å². The van der Waals surface area contributed by atoms with Crippen molar-refractivity contribution < 1.29 is 27.9 Å². The Kier molecular flexibility index (Phi) is 18.6. The maximum Gasteiger partial charge on any atom is 0.418 e. The van der Waals surface area contributed by atoms with Gasteiger partial charge in [-0.05, 0) is 54.8 Å². The molecule has 2 amide bonds. The standard InChI is InChI=1S/2C38H41NO3Si/c2*1-7-20-34(42-43(37(4,5)6,32-25-16-10-17-26-32)33-27-18-11-19-28-33)39-35(29(2)3)38(41-36(39)40,30-21-12-8-13-22-30)31-23-14-9-15-24-31/h2*7-29,35H,1H2,2-6H3/b2*34-20-/t2*35-/m00/s1. The number of carbonyl (C=O) groups is 2. The van der Waals surface area contributed by atoms with Gasteiger partial charge in [0.15, 0.2) is 23.0 Å². The van der Waals surface area contributed by atoms with Crippen LogP contribution >= 0.6 is 0 Å². The van der Waals surface area contributed by atoms with Gasteiger partial charge in [-0.15, -0.1) is 0 Å². The number of benzene rings is 8. The molecule has 2 saturated heterocycles. The molecule has 8 aromatic carbocycles. The second kappa shape index (κ2) is 25.9. The lowest BCUT2D eigenvalue weighted by atomic mass is 9.76. The highest BCUT2D eigenvalue weighted by Crippen LogP contribution is 2.52. The monoisotopic (exact) mass is 1170 g/mol. The first-order valence-electron chi connectivity index (χ1n) is 29.9. The smallest absolute Gasteiger partial charge is 0.418 e. The molecule has 2 fully saturated rings. The van der Waals surface area contributed by atoms with Crippen molar-refractivity contribution in [2.75, 3.05) is 0 Å². The fourth-order valence-electron chi connectivity index (χ4n) is 13.2. The van der Waals surface area contributed by atoms with Gasteiger partial charge in [-0.1, -0.05) is 337 Å². The highest BCUT2D eigenvalue weighted by molar-refractivity contribution is 7.00. The van der Waals surface area contributed by atoms with Gasteiger partial charge >= 0.3 is 28.8 Å². The topological polar surface area (TPSA) is 77.5 Å². The molecule has 86 heavy (non-hydrogen) atoms. The van der Waals surface area contributed by atoms with Crippen molar-refractivity contribution in [3.05, 3.63) is 314 Å². The van der Waals surface area contributed by atoms with E-state index in [0.717, 1.165) is 43.0 Å². The zero-order valence-corrected chi connectivity index (χ0v) is 53.5. The van der Waals surface area contributed by atoms with Crippen LogP contribution in [0, 0.1) is 11.8 Å². The van der Waals surface area contributed by atoms with Gasteiger partial charge in [0.25, 0.3) is 0 Å². The molecule has 0 spiro atoms. The predicted molar refractivity (Wildman–Crippen MR) is 355 cm³/mol. The molecular formula is C76H82N2O6Si2. The molecule has 10 rings (SSSR count). The number of rotatable bonds is 18. The molecule has 0 bridgehead atoms. The zero-order chi connectivity index (χ0) is 61.3. The van der Waals surface area contributed by atoms with Crippen LogP contribution in [0.15, 0.2) is 292 Å². The molecule has 2 heterocycles. The number of carbonyl (C=O) groups excluding carboxylic acids is 2. The van der Waals surface area contributed by atoms with Crippen LogP contribution in [-0.2, 0) is 29.5 Å². The molecule has 0 unspecified atom stereocenters. The molecule has 0 saturated carbocycles. The second-order valence-electron chi connectivity index (χ2n) is 24.8. The molecule has 440 valence electrons. The largest absolute Gasteiger partial charge is 0.522 e. The van der Waals surface area contributed by atoms with E-state index in [1.165, 1.54) is 0 Å². The maximum absolute atomic E-state index is 14.3. The molecule has 2 aliphatic heterocycles. The quantitative estimate of drug-likeness (QED) is 0.0484. The maximum atomic E-state index is 14.3. The molecule has 2 aliphatic rings. The van der Waals surface area contributed by atoms with Crippen LogP contribution < -0.4 is 20.7 Å². The number of amides is 2. The highest BCUT2D eigenvalue weighted by Gasteiger charge is 2.63. The van der Waals surface area contributed by atoms with Crippen molar-refractivity contribution in [1.82, 2.24) is 9.80 Å². The fourth-order valence-corrected chi connectivity index (χ4v) is 22.0. The Bertz CT molecular complexity index is 3210. The van der Waals surface area contributed by atoms with E-state index in [2.05, 4.69) is 179 Å². The van der Waals surface area contributed by atoms with Crippen LogP contribution in [0.3, 0.4) is 0 Å². The zero-order valence-electron chi connectivity index (χ0n) is 51.5. The number of cyclic esters (lactones) is 2. The summed E-state index contributed by atoms with van der Waals surface area (Å²) in [6.07, 6.45) is 6.14. The minimum absolute atomic E-state index is 0.00262. The third-order valence-electron chi connectivity index (χ3n) is 16.7. The number of allylic oxidation sites excluding steroid dienone is 4. The van der Waals surface area contributed by atoms with E-state index < -0.39 is 52.1 Å². The first-order valence-corrected chi connectivity index (χ1v) is 33.7. The molecule has 8 nitrogen and oxygen atoms in total. The van der Waals surface area contributed by atoms with Crippen molar-refractivity contribution in [3.63, 3.8) is 0 Å². The van der Waals surface area contributed by atoms with Crippen LogP contribution in [0.5, 0.6) is 0 Å². The molecular weight excluding hydrogens is 1090 g/mol. The van der Waals surface area contributed by atoms with Crippen molar-refractivity contribution in [2.24, 2.45) is 11.8 Å². The lowest BCUT2D eigenvalue weighted by Gasteiger charge is -2.45. The van der Waals surface area contributed by atoms with E-state index in [9.17, 15) is 9.59 Å². The second-order valence-corrected chi connectivity index (χ2v) is 33.2. The van der Waals surface area contributed by atoms with Crippen molar-refractivity contribution in [2.45, 2.75) is 103 Å². The predicted octanol–water partition coefficient (Wildman–Crippen LogP) is 16.0. The van der Waals surface area contributed by atoms with E-state index in [-0.39, 0.29) is 21.9 Å². The van der Waals surface area contributed by atoms with Gasteiger partial charge in [-0.2, -0.15) is 0 Å². The summed E-state index contributed by atoms with van der Waals surface area (Å²) >= 11 is 0. The average molecular weight is 1180 g/mol. The molecule has 0 aromatic heterocycles. The van der Waals surface area contributed by atoms with Gasteiger partial charge in [0, 0.05) is 22.3 Å². The lowest BCUT2D eigenvalue weighted by molar-refractivity contribution is 0.0538. The summed E-state index contributed by atoms with van der Waals surface area (Å²) < 4.78 is 28.1. The number of hydrogen-bond acceptors (Lipinski definition) is 6. The van der Waals surface area contributed by atoms with Gasteiger partial charge in [0.1, 0.15) is 0 Å². The molecule has 0 radical (unpaired) electrons. The van der Waals surface area contributed by atoms with E-state index in [1.807, 2.05) is 158 Å². The van der Waals surface area contributed by atoms with E-state index in [4.69, 9.17) is 18.3 Å². The normalized spacial score (nSPS) is 17.1. The van der Waals surface area contributed by atoms with Crippen LogP contribution in [0.4, 0.5) is 9.59 Å². The average Bonchev–Trinajstić information content (AvgIpc) is 1.88. The number of hydrogen-bond donors (Lipinski definition) is 0. The summed E-state index contributed by atoms with van der Waals surface area (Å²) in [5, 5.41) is 3.87. The van der Waals surface area contributed by atoms with Crippen LogP contribution in [0.25, 0.3) is 0 Å². The molecule has 10 heteroatoms. The number of nitrogens with zero attached hydrogens (tertiary/aromatic N) is 2. The van der Waals surface area contributed by atoms with Crippen LogP contribution in [0.2, 0.25) is 10.1 Å². The van der Waals surface area contributed by atoms with Gasteiger partial charge in [-0.25, -0.2) is 19.4 Å². The Hall–Kier alpha value is -8.71. The van der Waals surface area contributed by atoms with Crippen molar-refractivity contribution in [1.29, 1.82) is 0 Å². The number of ether oxygens (including phenoxy) is 2. The van der Waals surface area contributed by atoms with Gasteiger partial charge in [-0.3, -0.25) is 0 Å². The summed E-state index contributed by atoms with van der Waals surface area (Å²) in [5.74, 6) is 0.897. The third kappa shape index (κ3) is 11.4. The SMILES string of the molecule is C=C/C=C(\O[Si](c1ccccc1)(c1ccccc1)C(C)(C)C)N1C(=O)OC(c2ccccc2)(c2ccccc2)[C@@H]1C(C)C.C=C/C=C(\O[Si](c1ccccc1)(c1ccccc1)C(C)(C)C)N1C(=O)OC(c2ccccc2)(c2ccccc2)[C@@H]1C(C)C. The van der Waals surface area contributed by atoms with Crippen LogP contribution in [0.1, 0.15) is 91.5 Å². The summed E-state index contributed by atoms with van der Waals surface area (Å²) in [5.41, 5.74) is 1.56. The third-order valence-corrected chi connectivity index (χ3v) is 26.5. The molecule has 0 N–H and O–H groups in total. The van der Waals surface area contributed by atoms with Crippen molar-refractivity contribution >= 4 is 49.6 Å². The van der Waals surface area contributed by atoms with Gasteiger partial charge in [0.2, 0.25) is 0 Å². The first-order chi connectivity index (χ1) is 41.3. The lowest BCUT2D eigenvalue weighted by Crippen LogP contribution is -2.67. The van der Waals surface area contributed by atoms with E-state index in [0.29, 0.717) is 11.8 Å². The first kappa shape index (κ1) is 61.8. The summed E-state index contributed by atoms with van der Waals surface area (Å²) in [6, 6.07) is 81.1. The Balaban J connectivity index is 0.000000205. The Morgan fingerprint density at radius 3 is 0.802 bits per heavy atom. The van der Waals surface area contributed by atoms with Crippen molar-refractivity contribution in [3.8, 4) is 0 Å². The Morgan fingerprint density at radius 1 is 0.407 bits per heavy atom. The van der Waals surface area contributed by atoms with E-state index in [1.54, 1.807) is 22.0 Å². The minimum Gasteiger partial charge on any atom is -0.522 e. The Labute approximate surface area is 513 Å². The summed E-state index contributed by atoms with van der Waals surface area (Å²) in [7, 11) is -6.16. The molecule has 2 atom stereocenters. The van der Waals surface area contributed by atoms with Gasteiger partial charge in [0.05, 0.1) is 12.1 Å². The molecule has 8 aromatic rings. The summed E-state index contributed by atoms with van der Waals surface area (Å²) in [4.78, 5) is 32.2. The Morgan fingerprint density at radius 2 is 0.616 bits per heavy atom. The highest BCUT2D eigenvalue weighted by atomic mass is 28.4. The van der Waals surface area contributed by atoms with Gasteiger partial charge < -0.3 is 18.3 Å². The minimum atomic E-state index is -3.08. The van der Waals surface area contributed by atoms with E-state index >= 15 is 0 Å². The fraction of sp³-hybridized carbons (Fsp3) is 0.237. The summed E-state index contributed by atoms with van der Waals surface area (Å²) in [6.45, 7) is 30.0.